The summed E-state index contributed by atoms with van der Waals surface area (Å²) in [4.78, 5) is 17.3. The van der Waals surface area contributed by atoms with Crippen LogP contribution in [0.2, 0.25) is 0 Å². The average Bonchev–Trinajstić information content (AvgIpc) is 3.02. The van der Waals surface area contributed by atoms with E-state index in [-0.39, 0.29) is 17.7 Å². The number of nitrogens with zero attached hydrogens (tertiary/aromatic N) is 1. The molecule has 1 aromatic heterocycles. The summed E-state index contributed by atoms with van der Waals surface area (Å²) >= 11 is 1.71. The maximum absolute atomic E-state index is 12.6. The number of hydrogen-bond donors (Lipinski definition) is 1. The third kappa shape index (κ3) is 3.79. The number of nitrogens with one attached hydrogen (secondary N) is 1. The van der Waals surface area contributed by atoms with Crippen molar-refractivity contribution in [3.8, 4) is 0 Å². The van der Waals surface area contributed by atoms with Crippen LogP contribution in [0.25, 0.3) is 10.2 Å². The first kappa shape index (κ1) is 16.1. The second-order valence-electron chi connectivity index (χ2n) is 5.81. The van der Waals surface area contributed by atoms with Gasteiger partial charge in [0, 0.05) is 26.2 Å². The summed E-state index contributed by atoms with van der Waals surface area (Å²) in [6.07, 6.45) is 6.80. The second kappa shape index (κ2) is 7.70. The number of carbonyl (C=O) groups excluding carboxylic acids is 1. The number of methoxy groups -OCH3 is 1. The molecule has 1 aliphatic rings. The quantitative estimate of drug-likeness (QED) is 0.651. The van der Waals surface area contributed by atoms with Crippen LogP contribution in [0.5, 0.6) is 0 Å². The molecule has 0 saturated heterocycles. The number of ether oxygens (including phenoxy) is 1. The third-order valence-corrected chi connectivity index (χ3v) is 5.39. The van der Waals surface area contributed by atoms with Gasteiger partial charge in [-0.2, -0.15) is 0 Å². The van der Waals surface area contributed by atoms with E-state index >= 15 is 0 Å². The highest BCUT2D eigenvalue weighted by atomic mass is 32.1. The third-order valence-electron chi connectivity index (χ3n) is 4.22. The zero-order valence-electron chi connectivity index (χ0n) is 13.3. The Morgan fingerprint density at radius 1 is 1.35 bits per heavy atom. The van der Waals surface area contributed by atoms with Crippen LogP contribution in [-0.4, -0.2) is 31.2 Å². The monoisotopic (exact) mass is 330 g/mol. The van der Waals surface area contributed by atoms with E-state index in [0.717, 1.165) is 29.8 Å². The Bertz CT molecular complexity index is 662. The van der Waals surface area contributed by atoms with E-state index < -0.39 is 0 Å². The molecule has 0 fully saturated rings. The van der Waals surface area contributed by atoms with Crippen LogP contribution in [0, 0.1) is 5.92 Å². The first-order valence-electron chi connectivity index (χ1n) is 8.06. The van der Waals surface area contributed by atoms with Gasteiger partial charge in [0.2, 0.25) is 5.91 Å². The van der Waals surface area contributed by atoms with Crippen molar-refractivity contribution in [3.05, 3.63) is 41.4 Å². The van der Waals surface area contributed by atoms with Crippen molar-refractivity contribution in [1.29, 1.82) is 0 Å². The minimum Gasteiger partial charge on any atom is -0.385 e. The molecule has 4 nitrogen and oxygen atoms in total. The maximum atomic E-state index is 12.6. The molecular formula is C18H22N2O2S. The summed E-state index contributed by atoms with van der Waals surface area (Å²) in [5.41, 5.74) is 1.03. The van der Waals surface area contributed by atoms with E-state index in [1.54, 1.807) is 18.4 Å². The van der Waals surface area contributed by atoms with Crippen LogP contribution in [0.15, 0.2) is 36.4 Å². The first-order chi connectivity index (χ1) is 11.3. The Labute approximate surface area is 140 Å². The Hall–Kier alpha value is -1.72. The van der Waals surface area contributed by atoms with Crippen LogP contribution in [0.3, 0.4) is 0 Å². The molecular weight excluding hydrogens is 308 g/mol. The second-order valence-corrected chi connectivity index (χ2v) is 6.88. The number of benzene rings is 1. The van der Waals surface area contributed by atoms with E-state index in [4.69, 9.17) is 9.72 Å². The van der Waals surface area contributed by atoms with Crippen LogP contribution >= 0.6 is 11.3 Å². The van der Waals surface area contributed by atoms with E-state index in [1.165, 1.54) is 4.70 Å². The predicted octanol–water partition coefficient (Wildman–Crippen LogP) is 3.50. The van der Waals surface area contributed by atoms with Gasteiger partial charge in [0.15, 0.2) is 0 Å². The lowest BCUT2D eigenvalue weighted by Crippen LogP contribution is -2.35. The van der Waals surface area contributed by atoms with Crippen LogP contribution in [0.1, 0.15) is 30.2 Å². The lowest BCUT2D eigenvalue weighted by molar-refractivity contribution is -0.125. The molecule has 0 aliphatic heterocycles. The highest BCUT2D eigenvalue weighted by Crippen LogP contribution is 2.38. The Balaban J connectivity index is 1.73. The highest BCUT2D eigenvalue weighted by molar-refractivity contribution is 7.18. The standard InChI is InChI=1S/C18H22N2O2S/c1-22-12-6-11-19-17(21)13-7-2-3-8-14(13)18-20-15-9-4-5-10-16(15)23-18/h2-5,9-10,13-14H,6-8,11-12H2,1H3,(H,19,21). The minimum atomic E-state index is -0.0249. The molecule has 2 atom stereocenters. The summed E-state index contributed by atoms with van der Waals surface area (Å²) in [5, 5.41) is 4.12. The molecule has 0 bridgehead atoms. The first-order valence-corrected chi connectivity index (χ1v) is 8.88. The van der Waals surface area contributed by atoms with Crippen LogP contribution in [-0.2, 0) is 9.53 Å². The SMILES string of the molecule is COCCCNC(=O)C1CC=CCC1c1nc2ccccc2s1. The van der Waals surface area contributed by atoms with Crippen molar-refractivity contribution in [2.45, 2.75) is 25.2 Å². The average molecular weight is 330 g/mol. The zero-order valence-corrected chi connectivity index (χ0v) is 14.1. The van der Waals surface area contributed by atoms with Crippen LogP contribution < -0.4 is 5.32 Å². The summed E-state index contributed by atoms with van der Waals surface area (Å²) in [6.45, 7) is 1.34. The zero-order chi connectivity index (χ0) is 16.1. The van der Waals surface area contributed by atoms with Crippen molar-refractivity contribution < 1.29 is 9.53 Å². The molecule has 2 unspecified atom stereocenters. The predicted molar refractivity (Wildman–Crippen MR) is 93.7 cm³/mol. The smallest absolute Gasteiger partial charge is 0.224 e. The molecule has 0 saturated carbocycles. The van der Waals surface area contributed by atoms with Gasteiger partial charge in [-0.05, 0) is 31.4 Å². The molecule has 23 heavy (non-hydrogen) atoms. The number of rotatable bonds is 6. The number of carbonyl (C=O) groups is 1. The number of thiazole rings is 1. The molecule has 1 aliphatic carbocycles. The molecule has 0 spiro atoms. The van der Waals surface area contributed by atoms with Gasteiger partial charge < -0.3 is 10.1 Å². The molecule has 1 amide bonds. The van der Waals surface area contributed by atoms with Crippen molar-refractivity contribution in [2.75, 3.05) is 20.3 Å². The van der Waals surface area contributed by atoms with Crippen molar-refractivity contribution in [2.24, 2.45) is 5.92 Å². The number of aromatic nitrogens is 1. The van der Waals surface area contributed by atoms with Gasteiger partial charge in [0.25, 0.3) is 0 Å². The highest BCUT2D eigenvalue weighted by Gasteiger charge is 2.32. The molecule has 3 rings (SSSR count). The lowest BCUT2D eigenvalue weighted by atomic mass is 9.82. The largest absolute Gasteiger partial charge is 0.385 e. The fourth-order valence-electron chi connectivity index (χ4n) is 2.98. The summed E-state index contributed by atoms with van der Waals surface area (Å²) < 4.78 is 6.21. The summed E-state index contributed by atoms with van der Waals surface area (Å²) in [7, 11) is 1.68. The molecule has 1 aromatic carbocycles. The molecule has 2 aromatic rings. The maximum Gasteiger partial charge on any atom is 0.224 e. The summed E-state index contributed by atoms with van der Waals surface area (Å²) in [6, 6.07) is 8.17. The fourth-order valence-corrected chi connectivity index (χ4v) is 4.13. The van der Waals surface area contributed by atoms with Crippen molar-refractivity contribution >= 4 is 27.5 Å². The van der Waals surface area contributed by atoms with Gasteiger partial charge in [-0.25, -0.2) is 4.98 Å². The number of para-hydroxylation sites is 1. The Morgan fingerprint density at radius 2 is 2.17 bits per heavy atom. The Kier molecular flexibility index (Phi) is 5.41. The normalized spacial score (nSPS) is 20.7. The topological polar surface area (TPSA) is 51.2 Å². The number of amides is 1. The number of fused-ring (bicyclic) bond motifs is 1. The van der Waals surface area contributed by atoms with Crippen molar-refractivity contribution in [1.82, 2.24) is 10.3 Å². The molecule has 5 heteroatoms. The molecule has 1 N–H and O–H groups in total. The summed E-state index contributed by atoms with van der Waals surface area (Å²) in [5.74, 6) is 0.289. The molecule has 0 radical (unpaired) electrons. The Morgan fingerprint density at radius 3 is 3.00 bits per heavy atom. The lowest BCUT2D eigenvalue weighted by Gasteiger charge is -2.26. The minimum absolute atomic E-state index is 0.0249. The van der Waals surface area contributed by atoms with Gasteiger partial charge in [0.05, 0.1) is 21.1 Å². The van der Waals surface area contributed by atoms with Gasteiger partial charge in [-0.3, -0.25) is 4.79 Å². The molecule has 1 heterocycles. The van der Waals surface area contributed by atoms with Gasteiger partial charge in [0.1, 0.15) is 0 Å². The van der Waals surface area contributed by atoms with Gasteiger partial charge >= 0.3 is 0 Å². The van der Waals surface area contributed by atoms with Crippen LogP contribution in [0.4, 0.5) is 0 Å². The van der Waals surface area contributed by atoms with Gasteiger partial charge in [-0.15, -0.1) is 11.3 Å². The van der Waals surface area contributed by atoms with E-state index in [1.807, 2.05) is 18.2 Å². The number of allylic oxidation sites excluding steroid dienone is 2. The van der Waals surface area contributed by atoms with Crippen molar-refractivity contribution in [3.63, 3.8) is 0 Å². The number of hydrogen-bond acceptors (Lipinski definition) is 4. The van der Waals surface area contributed by atoms with E-state index in [2.05, 4.69) is 23.5 Å². The van der Waals surface area contributed by atoms with E-state index in [9.17, 15) is 4.79 Å². The van der Waals surface area contributed by atoms with Gasteiger partial charge in [-0.1, -0.05) is 24.3 Å². The molecule has 122 valence electrons. The fraction of sp³-hybridized carbons (Fsp3) is 0.444. The van der Waals surface area contributed by atoms with E-state index in [0.29, 0.717) is 13.2 Å².